The van der Waals surface area contributed by atoms with Gasteiger partial charge in [0.2, 0.25) is 11.6 Å². The predicted molar refractivity (Wildman–Crippen MR) is 77.9 cm³/mol. The predicted octanol–water partition coefficient (Wildman–Crippen LogP) is 4.00. The molecule has 21 heavy (non-hydrogen) atoms. The first-order chi connectivity index (χ1) is 10.2. The lowest BCUT2D eigenvalue weighted by atomic mass is 10.2. The Bertz CT molecular complexity index is 691. The molecule has 4 nitrogen and oxygen atoms in total. The maximum atomic E-state index is 13.8. The minimum absolute atomic E-state index is 0.110. The van der Waals surface area contributed by atoms with Gasteiger partial charge in [-0.15, -0.1) is 0 Å². The molecule has 5 heteroatoms. The van der Waals surface area contributed by atoms with E-state index in [1.54, 1.807) is 19.2 Å². The third kappa shape index (κ3) is 3.37. The summed E-state index contributed by atoms with van der Waals surface area (Å²) in [6.07, 6.45) is 1.40. The number of hydrogen-bond acceptors (Lipinski definition) is 3. The summed E-state index contributed by atoms with van der Waals surface area (Å²) in [6.45, 7) is 10.7. The number of pyridine rings is 1. The zero-order chi connectivity index (χ0) is 15.2. The molecule has 0 radical (unpaired) electrons. The second kappa shape index (κ2) is 6.53. The van der Waals surface area contributed by atoms with Gasteiger partial charge in [-0.1, -0.05) is 24.8 Å². The number of ether oxygens (including phenoxy) is 2. The number of hydrogen-bond donors (Lipinski definition) is 0. The van der Waals surface area contributed by atoms with Crippen LogP contribution in [-0.4, -0.2) is 12.1 Å². The maximum absolute atomic E-state index is 13.8. The summed E-state index contributed by atoms with van der Waals surface area (Å²) in [5.74, 6) is -0.0772. The van der Waals surface area contributed by atoms with E-state index in [0.717, 1.165) is 17.4 Å². The Hall–Kier alpha value is -2.87. The summed E-state index contributed by atoms with van der Waals surface area (Å²) in [5, 5.41) is 0. The van der Waals surface area contributed by atoms with Crippen LogP contribution in [-0.2, 0) is 6.61 Å². The van der Waals surface area contributed by atoms with Crippen molar-refractivity contribution in [3.8, 4) is 11.6 Å². The van der Waals surface area contributed by atoms with Crippen LogP contribution >= 0.6 is 0 Å². The minimum atomic E-state index is -0.667. The molecule has 0 aliphatic heterocycles. The number of benzene rings is 1. The SMILES string of the molecule is [C-]#[N+]c1cc(F)c(OCc2ccc(OC)cc2)nc1C=C. The number of nitrogens with zero attached hydrogens (tertiary/aromatic N) is 2. The molecule has 0 amide bonds. The summed E-state index contributed by atoms with van der Waals surface area (Å²) in [7, 11) is 1.58. The van der Waals surface area contributed by atoms with Gasteiger partial charge in [0.25, 0.3) is 0 Å². The van der Waals surface area contributed by atoms with Crippen molar-refractivity contribution in [1.82, 2.24) is 4.98 Å². The summed E-state index contributed by atoms with van der Waals surface area (Å²) in [6, 6.07) is 8.32. The second-order valence-electron chi connectivity index (χ2n) is 4.13. The molecule has 106 valence electrons. The monoisotopic (exact) mass is 284 g/mol. The zero-order valence-corrected chi connectivity index (χ0v) is 11.5. The Morgan fingerprint density at radius 2 is 2.10 bits per heavy atom. The molecule has 1 aromatic carbocycles. The Balaban J connectivity index is 2.15. The average molecular weight is 284 g/mol. The van der Waals surface area contributed by atoms with Crippen molar-refractivity contribution in [2.24, 2.45) is 0 Å². The van der Waals surface area contributed by atoms with Crippen molar-refractivity contribution >= 4 is 11.8 Å². The lowest BCUT2D eigenvalue weighted by molar-refractivity contribution is 0.277. The first-order valence-corrected chi connectivity index (χ1v) is 6.14. The largest absolute Gasteiger partial charge is 0.497 e. The highest BCUT2D eigenvalue weighted by Crippen LogP contribution is 2.26. The molecule has 2 rings (SSSR count). The van der Waals surface area contributed by atoms with E-state index in [0.29, 0.717) is 5.69 Å². The molecule has 0 N–H and O–H groups in total. The van der Waals surface area contributed by atoms with Gasteiger partial charge in [-0.05, 0) is 23.8 Å². The highest BCUT2D eigenvalue weighted by Gasteiger charge is 2.11. The van der Waals surface area contributed by atoms with Crippen LogP contribution in [0.3, 0.4) is 0 Å². The van der Waals surface area contributed by atoms with Crippen LogP contribution in [0, 0.1) is 12.4 Å². The minimum Gasteiger partial charge on any atom is -0.497 e. The van der Waals surface area contributed by atoms with Gasteiger partial charge in [-0.2, -0.15) is 0 Å². The van der Waals surface area contributed by atoms with Crippen LogP contribution in [0.5, 0.6) is 11.6 Å². The van der Waals surface area contributed by atoms with Gasteiger partial charge in [-0.3, -0.25) is 0 Å². The highest BCUT2D eigenvalue weighted by molar-refractivity contribution is 5.63. The second-order valence-corrected chi connectivity index (χ2v) is 4.13. The van der Waals surface area contributed by atoms with Crippen LogP contribution in [0.4, 0.5) is 10.1 Å². The van der Waals surface area contributed by atoms with Crippen LogP contribution in [0.2, 0.25) is 0 Å². The summed E-state index contributed by atoms with van der Waals surface area (Å²) in [5.41, 5.74) is 1.27. The van der Waals surface area contributed by atoms with Gasteiger partial charge in [-0.25, -0.2) is 14.2 Å². The van der Waals surface area contributed by atoms with Gasteiger partial charge in [0.05, 0.1) is 19.4 Å². The maximum Gasteiger partial charge on any atom is 0.248 e. The number of methoxy groups -OCH3 is 1. The smallest absolute Gasteiger partial charge is 0.248 e. The lowest BCUT2D eigenvalue weighted by Gasteiger charge is -2.09. The van der Waals surface area contributed by atoms with Gasteiger partial charge < -0.3 is 9.47 Å². The molecule has 0 atom stereocenters. The van der Waals surface area contributed by atoms with E-state index >= 15 is 0 Å². The van der Waals surface area contributed by atoms with E-state index in [2.05, 4.69) is 16.4 Å². The standard InChI is InChI=1S/C16H13FN2O2/c1-4-14-15(18-2)9-13(17)16(19-14)21-10-11-5-7-12(20-3)8-6-11/h4-9H,1,10H2,3H3. The fraction of sp³-hybridized carbons (Fsp3) is 0.125. The van der Waals surface area contributed by atoms with E-state index in [1.807, 2.05) is 12.1 Å². The average Bonchev–Trinajstić information content (AvgIpc) is 2.53. The number of rotatable bonds is 5. The molecule has 0 aliphatic carbocycles. The van der Waals surface area contributed by atoms with Crippen molar-refractivity contribution in [2.45, 2.75) is 6.61 Å². The van der Waals surface area contributed by atoms with E-state index in [9.17, 15) is 4.39 Å². The van der Waals surface area contributed by atoms with E-state index in [-0.39, 0.29) is 18.2 Å². The summed E-state index contributed by atoms with van der Waals surface area (Å²) in [4.78, 5) is 7.14. The van der Waals surface area contributed by atoms with Crippen LogP contribution in [0.15, 0.2) is 36.9 Å². The molecule has 0 fully saturated rings. The molecule has 1 heterocycles. The van der Waals surface area contributed by atoms with Crippen LogP contribution in [0.1, 0.15) is 11.3 Å². The molecule has 0 saturated carbocycles. The Morgan fingerprint density at radius 1 is 1.38 bits per heavy atom. The normalized spacial score (nSPS) is 9.76. The molecule has 1 aromatic heterocycles. The molecule has 0 saturated heterocycles. The zero-order valence-electron chi connectivity index (χ0n) is 11.5. The quantitative estimate of drug-likeness (QED) is 0.778. The third-order valence-electron chi connectivity index (χ3n) is 2.80. The molecular weight excluding hydrogens is 271 g/mol. The number of halogens is 1. The van der Waals surface area contributed by atoms with Gasteiger partial charge in [0.15, 0.2) is 5.82 Å². The Morgan fingerprint density at radius 3 is 2.67 bits per heavy atom. The van der Waals surface area contributed by atoms with E-state index < -0.39 is 5.82 Å². The third-order valence-corrected chi connectivity index (χ3v) is 2.80. The first kappa shape index (κ1) is 14.5. The van der Waals surface area contributed by atoms with Gasteiger partial charge >= 0.3 is 0 Å². The van der Waals surface area contributed by atoms with Gasteiger partial charge in [0.1, 0.15) is 12.4 Å². The molecule has 0 spiro atoms. The topological polar surface area (TPSA) is 35.7 Å². The van der Waals surface area contributed by atoms with Gasteiger partial charge in [0, 0.05) is 0 Å². The highest BCUT2D eigenvalue weighted by atomic mass is 19.1. The van der Waals surface area contributed by atoms with Crippen molar-refractivity contribution in [2.75, 3.05) is 7.11 Å². The first-order valence-electron chi connectivity index (χ1n) is 6.14. The lowest BCUT2D eigenvalue weighted by Crippen LogP contribution is -2.00. The Kier molecular flexibility index (Phi) is 4.52. The van der Waals surface area contributed by atoms with Crippen molar-refractivity contribution in [3.63, 3.8) is 0 Å². The molecular formula is C16H13FN2O2. The Labute approximate surface area is 122 Å². The fourth-order valence-corrected chi connectivity index (χ4v) is 1.69. The van der Waals surface area contributed by atoms with Crippen LogP contribution in [0.25, 0.3) is 10.9 Å². The summed E-state index contributed by atoms with van der Waals surface area (Å²) >= 11 is 0. The fourth-order valence-electron chi connectivity index (χ4n) is 1.69. The van der Waals surface area contributed by atoms with Crippen LogP contribution < -0.4 is 9.47 Å². The van der Waals surface area contributed by atoms with Crippen molar-refractivity contribution < 1.29 is 13.9 Å². The van der Waals surface area contributed by atoms with E-state index in [4.69, 9.17) is 16.0 Å². The molecule has 0 aliphatic rings. The summed E-state index contributed by atoms with van der Waals surface area (Å²) < 4.78 is 24.2. The molecule has 0 unspecified atom stereocenters. The van der Waals surface area contributed by atoms with Crippen molar-refractivity contribution in [3.05, 3.63) is 65.4 Å². The molecule has 0 bridgehead atoms. The van der Waals surface area contributed by atoms with E-state index in [1.165, 1.54) is 6.08 Å². The van der Waals surface area contributed by atoms with Crippen molar-refractivity contribution in [1.29, 1.82) is 0 Å². The number of aromatic nitrogens is 1. The molecule has 2 aromatic rings.